The number of ether oxygens (including phenoxy) is 1. The molecule has 0 amide bonds. The standard InChI is InChI=1S/C11H15N3O3S/c1-11(2,17-3)8-14-18(15,16)10-5-4-9(6-12)13-7-10/h4-5,7,14H,8H2,1-3H3. The van der Waals surface area contributed by atoms with Crippen molar-refractivity contribution >= 4 is 10.0 Å². The predicted molar refractivity (Wildman–Crippen MR) is 65.2 cm³/mol. The second-order valence-electron chi connectivity index (χ2n) is 4.28. The van der Waals surface area contributed by atoms with Crippen molar-refractivity contribution < 1.29 is 13.2 Å². The van der Waals surface area contributed by atoms with E-state index < -0.39 is 15.6 Å². The predicted octanol–water partition coefficient (Wildman–Crippen LogP) is 0.657. The Balaban J connectivity index is 2.84. The van der Waals surface area contributed by atoms with Gasteiger partial charge in [0.2, 0.25) is 10.0 Å². The van der Waals surface area contributed by atoms with Gasteiger partial charge in [0, 0.05) is 19.9 Å². The maximum absolute atomic E-state index is 11.9. The highest BCUT2D eigenvalue weighted by molar-refractivity contribution is 7.89. The topological polar surface area (TPSA) is 92.1 Å². The lowest BCUT2D eigenvalue weighted by Crippen LogP contribution is -2.39. The number of nitriles is 1. The lowest BCUT2D eigenvalue weighted by Gasteiger charge is -2.22. The fourth-order valence-electron chi connectivity index (χ4n) is 1.03. The first-order valence-electron chi connectivity index (χ1n) is 5.22. The van der Waals surface area contributed by atoms with Gasteiger partial charge in [0.1, 0.15) is 16.7 Å². The maximum atomic E-state index is 11.9. The lowest BCUT2D eigenvalue weighted by atomic mass is 10.1. The normalized spacial score (nSPS) is 12.1. The third kappa shape index (κ3) is 3.77. The minimum Gasteiger partial charge on any atom is -0.377 e. The van der Waals surface area contributed by atoms with Crippen molar-refractivity contribution in [2.45, 2.75) is 24.3 Å². The van der Waals surface area contributed by atoms with Crippen LogP contribution in [-0.4, -0.2) is 32.7 Å². The molecule has 6 nitrogen and oxygen atoms in total. The molecule has 0 aromatic carbocycles. The summed E-state index contributed by atoms with van der Waals surface area (Å²) < 4.78 is 31.4. The molecular weight excluding hydrogens is 254 g/mol. The summed E-state index contributed by atoms with van der Waals surface area (Å²) in [6.45, 7) is 3.69. The fraction of sp³-hybridized carbons (Fsp3) is 0.455. The van der Waals surface area contributed by atoms with Crippen molar-refractivity contribution in [2.24, 2.45) is 0 Å². The van der Waals surface area contributed by atoms with Crippen LogP contribution in [-0.2, 0) is 14.8 Å². The van der Waals surface area contributed by atoms with E-state index in [1.54, 1.807) is 13.8 Å². The van der Waals surface area contributed by atoms with Crippen molar-refractivity contribution in [1.82, 2.24) is 9.71 Å². The first kappa shape index (κ1) is 14.6. The van der Waals surface area contributed by atoms with E-state index in [0.717, 1.165) is 6.20 Å². The quantitative estimate of drug-likeness (QED) is 0.847. The van der Waals surface area contributed by atoms with Gasteiger partial charge in [-0.1, -0.05) is 0 Å². The van der Waals surface area contributed by atoms with E-state index in [1.165, 1.54) is 19.2 Å². The summed E-state index contributed by atoms with van der Waals surface area (Å²) in [5, 5.41) is 8.58. The number of methoxy groups -OCH3 is 1. The number of aromatic nitrogens is 1. The number of rotatable bonds is 5. The highest BCUT2D eigenvalue weighted by atomic mass is 32.2. The fourth-order valence-corrected chi connectivity index (χ4v) is 2.17. The first-order chi connectivity index (χ1) is 8.30. The third-order valence-corrected chi connectivity index (χ3v) is 3.79. The minimum atomic E-state index is -3.63. The summed E-state index contributed by atoms with van der Waals surface area (Å²) in [5.41, 5.74) is -0.418. The van der Waals surface area contributed by atoms with Gasteiger partial charge in [0.15, 0.2) is 0 Å². The molecule has 1 heterocycles. The molecule has 0 aliphatic rings. The van der Waals surface area contributed by atoms with E-state index >= 15 is 0 Å². The van der Waals surface area contributed by atoms with Gasteiger partial charge in [-0.25, -0.2) is 18.1 Å². The van der Waals surface area contributed by atoms with Crippen LogP contribution in [0.15, 0.2) is 23.2 Å². The zero-order valence-corrected chi connectivity index (χ0v) is 11.3. The van der Waals surface area contributed by atoms with E-state index in [2.05, 4.69) is 9.71 Å². The molecule has 7 heteroatoms. The number of sulfonamides is 1. The molecule has 0 spiro atoms. The zero-order chi connectivity index (χ0) is 13.8. The van der Waals surface area contributed by atoms with E-state index in [1.807, 2.05) is 6.07 Å². The van der Waals surface area contributed by atoms with Crippen LogP contribution >= 0.6 is 0 Å². The van der Waals surface area contributed by atoms with Gasteiger partial charge < -0.3 is 4.74 Å². The average molecular weight is 269 g/mol. The molecule has 0 atom stereocenters. The summed E-state index contributed by atoms with van der Waals surface area (Å²) in [7, 11) is -2.12. The molecule has 18 heavy (non-hydrogen) atoms. The summed E-state index contributed by atoms with van der Waals surface area (Å²) >= 11 is 0. The van der Waals surface area contributed by atoms with Crippen LogP contribution in [0.1, 0.15) is 19.5 Å². The average Bonchev–Trinajstić information content (AvgIpc) is 2.37. The van der Waals surface area contributed by atoms with Crippen molar-refractivity contribution in [3.05, 3.63) is 24.0 Å². The summed E-state index contributed by atoms with van der Waals surface area (Å²) in [4.78, 5) is 3.74. The molecule has 98 valence electrons. The highest BCUT2D eigenvalue weighted by Gasteiger charge is 2.21. The number of hydrogen-bond donors (Lipinski definition) is 1. The van der Waals surface area contributed by atoms with E-state index in [4.69, 9.17) is 10.00 Å². The molecule has 1 aromatic rings. The number of nitrogens with zero attached hydrogens (tertiary/aromatic N) is 2. The molecule has 1 N–H and O–H groups in total. The molecule has 0 radical (unpaired) electrons. The second-order valence-corrected chi connectivity index (χ2v) is 6.05. The highest BCUT2D eigenvalue weighted by Crippen LogP contribution is 2.10. The number of nitrogens with one attached hydrogen (secondary N) is 1. The molecular formula is C11H15N3O3S. The van der Waals surface area contributed by atoms with Gasteiger partial charge in [-0.2, -0.15) is 5.26 Å². The van der Waals surface area contributed by atoms with Crippen LogP contribution in [0.5, 0.6) is 0 Å². The molecule has 1 rings (SSSR count). The number of pyridine rings is 1. The van der Waals surface area contributed by atoms with Gasteiger partial charge in [-0.05, 0) is 26.0 Å². The van der Waals surface area contributed by atoms with Crippen LogP contribution in [0, 0.1) is 11.3 Å². The Labute approximate surface area is 107 Å². The van der Waals surface area contributed by atoms with Crippen LogP contribution in [0.3, 0.4) is 0 Å². The minimum absolute atomic E-state index is 0.0217. The smallest absolute Gasteiger partial charge is 0.242 e. The van der Waals surface area contributed by atoms with E-state index in [9.17, 15) is 8.42 Å². The van der Waals surface area contributed by atoms with Crippen LogP contribution < -0.4 is 4.72 Å². The molecule has 0 saturated carbocycles. The summed E-state index contributed by atoms with van der Waals surface area (Å²) in [5.74, 6) is 0. The Kier molecular flexibility index (Phi) is 4.40. The summed E-state index contributed by atoms with van der Waals surface area (Å²) in [6.07, 6.45) is 1.15. The Morgan fingerprint density at radius 3 is 2.61 bits per heavy atom. The molecule has 0 bridgehead atoms. The molecule has 0 aliphatic carbocycles. The zero-order valence-electron chi connectivity index (χ0n) is 10.5. The van der Waals surface area contributed by atoms with Gasteiger partial charge in [0.25, 0.3) is 0 Å². The molecule has 0 saturated heterocycles. The van der Waals surface area contributed by atoms with Gasteiger partial charge in [-0.15, -0.1) is 0 Å². The van der Waals surface area contributed by atoms with Crippen molar-refractivity contribution in [3.8, 4) is 6.07 Å². The van der Waals surface area contributed by atoms with E-state index in [-0.39, 0.29) is 17.1 Å². The first-order valence-corrected chi connectivity index (χ1v) is 6.70. The SMILES string of the molecule is COC(C)(C)CNS(=O)(=O)c1ccc(C#N)nc1. The molecule has 1 aromatic heterocycles. The van der Waals surface area contributed by atoms with Crippen LogP contribution in [0.2, 0.25) is 0 Å². The van der Waals surface area contributed by atoms with Gasteiger partial charge in [-0.3, -0.25) is 0 Å². The Bertz CT molecular complexity index is 544. The van der Waals surface area contributed by atoms with Crippen molar-refractivity contribution in [1.29, 1.82) is 5.26 Å². The van der Waals surface area contributed by atoms with Gasteiger partial charge >= 0.3 is 0 Å². The van der Waals surface area contributed by atoms with Crippen molar-refractivity contribution in [3.63, 3.8) is 0 Å². The lowest BCUT2D eigenvalue weighted by molar-refractivity contribution is 0.0276. The molecule has 0 aliphatic heterocycles. The molecule has 0 unspecified atom stereocenters. The van der Waals surface area contributed by atoms with Gasteiger partial charge in [0.05, 0.1) is 5.60 Å². The third-order valence-electron chi connectivity index (χ3n) is 2.40. The second kappa shape index (κ2) is 5.44. The van der Waals surface area contributed by atoms with E-state index in [0.29, 0.717) is 0 Å². The largest absolute Gasteiger partial charge is 0.377 e. The number of hydrogen-bond acceptors (Lipinski definition) is 5. The van der Waals surface area contributed by atoms with Crippen LogP contribution in [0.4, 0.5) is 0 Å². The maximum Gasteiger partial charge on any atom is 0.242 e. The van der Waals surface area contributed by atoms with Crippen LogP contribution in [0.25, 0.3) is 0 Å². The summed E-state index contributed by atoms with van der Waals surface area (Å²) in [6, 6.07) is 4.52. The van der Waals surface area contributed by atoms with Crippen molar-refractivity contribution in [2.75, 3.05) is 13.7 Å². The Hall–Kier alpha value is -1.49. The monoisotopic (exact) mass is 269 g/mol. The Morgan fingerprint density at radius 1 is 1.50 bits per heavy atom. The molecule has 0 fully saturated rings. The Morgan fingerprint density at radius 2 is 2.17 bits per heavy atom.